The van der Waals surface area contributed by atoms with Crippen molar-refractivity contribution >= 4 is 31.4 Å². The molecule has 9 heteroatoms. The molecule has 0 aromatic rings. The molecule has 1 unspecified atom stereocenters. The van der Waals surface area contributed by atoms with E-state index < -0.39 is 24.6 Å². The monoisotopic (exact) mass is 327 g/mol. The van der Waals surface area contributed by atoms with E-state index in [1.54, 1.807) is 0 Å². The van der Waals surface area contributed by atoms with Gasteiger partial charge in [0.2, 0.25) is 5.78 Å². The van der Waals surface area contributed by atoms with E-state index in [0.29, 0.717) is 12.8 Å². The summed E-state index contributed by atoms with van der Waals surface area (Å²) in [6.45, 7) is 4.03. The average Bonchev–Trinajstić information content (AvgIpc) is 2.36. The molecule has 0 aliphatic rings. The van der Waals surface area contributed by atoms with Gasteiger partial charge in [-0.05, 0) is 12.8 Å². The van der Waals surface area contributed by atoms with E-state index in [1.807, 2.05) is 19.2 Å². The highest BCUT2D eigenvalue weighted by atomic mass is 32.1. The number of hydrogen-bond acceptors (Lipinski definition) is 5. The summed E-state index contributed by atoms with van der Waals surface area (Å²) in [4.78, 5) is 22.1. The van der Waals surface area contributed by atoms with E-state index in [2.05, 4.69) is 12.6 Å². The lowest BCUT2D eigenvalue weighted by Gasteiger charge is -2.24. The molecule has 2 N–H and O–H groups in total. The number of carbonyl (C=O) groups excluding carboxylic acids is 1. The molecule has 0 rings (SSSR count). The summed E-state index contributed by atoms with van der Waals surface area (Å²) >= 11 is 3.44. The van der Waals surface area contributed by atoms with Crippen LogP contribution in [-0.4, -0.2) is 35.3 Å². The molecule has 20 heavy (non-hydrogen) atoms. The van der Waals surface area contributed by atoms with Crippen molar-refractivity contribution in [3.05, 3.63) is 0 Å². The second-order valence-corrected chi connectivity index (χ2v) is 6.62. The number of thiol groups is 1. The molecular formula is C11H22NO6PS. The average molecular weight is 327 g/mol. The van der Waals surface area contributed by atoms with E-state index in [0.717, 1.165) is 12.8 Å². The SMILES string of the molecule is CCCCOP(=O)(OCCCC)C(NC(=O)S)C(=O)O. The van der Waals surface area contributed by atoms with Crippen LogP contribution in [0.3, 0.4) is 0 Å². The molecule has 7 nitrogen and oxygen atoms in total. The molecule has 1 amide bonds. The van der Waals surface area contributed by atoms with Gasteiger partial charge >= 0.3 is 13.6 Å². The molecular weight excluding hydrogens is 305 g/mol. The maximum absolute atomic E-state index is 12.6. The number of carboxylic acids is 1. The Hall–Kier alpha value is -0.560. The van der Waals surface area contributed by atoms with Crippen LogP contribution in [0.15, 0.2) is 0 Å². The van der Waals surface area contributed by atoms with Crippen LogP contribution in [-0.2, 0) is 18.4 Å². The van der Waals surface area contributed by atoms with Crippen molar-refractivity contribution in [1.29, 1.82) is 0 Å². The Labute approximate surface area is 124 Å². The largest absolute Gasteiger partial charge is 0.479 e. The van der Waals surface area contributed by atoms with Gasteiger partial charge in [-0.25, -0.2) is 4.79 Å². The Balaban J connectivity index is 4.95. The lowest BCUT2D eigenvalue weighted by Crippen LogP contribution is -2.39. The van der Waals surface area contributed by atoms with E-state index in [-0.39, 0.29) is 13.2 Å². The highest BCUT2D eigenvalue weighted by Gasteiger charge is 2.42. The third kappa shape index (κ3) is 7.28. The van der Waals surface area contributed by atoms with Crippen LogP contribution in [0.5, 0.6) is 0 Å². The number of carbonyl (C=O) groups is 2. The van der Waals surface area contributed by atoms with Crippen LogP contribution in [0, 0.1) is 0 Å². The van der Waals surface area contributed by atoms with Crippen molar-refractivity contribution in [3.8, 4) is 0 Å². The maximum atomic E-state index is 12.6. The number of nitrogens with one attached hydrogen (secondary N) is 1. The molecule has 0 spiro atoms. The van der Waals surface area contributed by atoms with Crippen molar-refractivity contribution in [2.75, 3.05) is 13.2 Å². The molecule has 0 radical (unpaired) electrons. The summed E-state index contributed by atoms with van der Waals surface area (Å²) in [6.07, 6.45) is 2.82. The first-order valence-electron chi connectivity index (χ1n) is 6.48. The molecule has 0 aromatic carbocycles. The van der Waals surface area contributed by atoms with Crippen LogP contribution in [0.1, 0.15) is 39.5 Å². The second-order valence-electron chi connectivity index (χ2n) is 4.10. The van der Waals surface area contributed by atoms with Crippen molar-refractivity contribution in [2.24, 2.45) is 0 Å². The summed E-state index contributed by atoms with van der Waals surface area (Å²) in [5, 5.41) is 10.2. The van der Waals surface area contributed by atoms with Crippen molar-refractivity contribution in [2.45, 2.75) is 45.3 Å². The first-order valence-corrected chi connectivity index (χ1v) is 8.54. The summed E-state index contributed by atoms with van der Waals surface area (Å²) < 4.78 is 22.9. The zero-order chi connectivity index (χ0) is 15.6. The van der Waals surface area contributed by atoms with E-state index in [4.69, 9.17) is 14.2 Å². The maximum Gasteiger partial charge on any atom is 0.364 e. The molecule has 0 saturated carbocycles. The fourth-order valence-corrected chi connectivity index (χ4v) is 3.17. The fourth-order valence-electron chi connectivity index (χ4n) is 1.25. The van der Waals surface area contributed by atoms with Crippen molar-refractivity contribution < 1.29 is 28.3 Å². The van der Waals surface area contributed by atoms with Gasteiger partial charge in [0.25, 0.3) is 5.24 Å². The van der Waals surface area contributed by atoms with Gasteiger partial charge in [0.1, 0.15) is 0 Å². The van der Waals surface area contributed by atoms with Crippen molar-refractivity contribution in [3.63, 3.8) is 0 Å². The lowest BCUT2D eigenvalue weighted by molar-refractivity contribution is -0.137. The molecule has 0 aliphatic heterocycles. The molecule has 0 aromatic heterocycles. The first-order chi connectivity index (χ1) is 9.37. The molecule has 0 saturated heterocycles. The van der Waals surface area contributed by atoms with E-state index in [1.165, 1.54) is 0 Å². The zero-order valence-corrected chi connectivity index (χ0v) is 13.5. The van der Waals surface area contributed by atoms with Crippen LogP contribution >= 0.6 is 20.2 Å². The number of unbranched alkanes of at least 4 members (excludes halogenated alkanes) is 2. The van der Waals surface area contributed by atoms with Gasteiger partial charge < -0.3 is 19.5 Å². The summed E-state index contributed by atoms with van der Waals surface area (Å²) in [6, 6.07) is 0. The number of hydrogen-bond donors (Lipinski definition) is 3. The molecule has 0 bridgehead atoms. The van der Waals surface area contributed by atoms with Crippen LogP contribution in [0.2, 0.25) is 0 Å². The molecule has 118 valence electrons. The third-order valence-corrected chi connectivity index (χ3v) is 4.55. The second kappa shape index (κ2) is 10.2. The number of rotatable bonds is 11. The van der Waals surface area contributed by atoms with Crippen LogP contribution in [0.4, 0.5) is 4.79 Å². The Bertz CT molecular complexity index is 351. The summed E-state index contributed by atoms with van der Waals surface area (Å²) in [5.74, 6) is -3.23. The van der Waals surface area contributed by atoms with Gasteiger partial charge in [-0.15, -0.1) is 0 Å². The van der Waals surface area contributed by atoms with Gasteiger partial charge in [-0.2, -0.15) is 0 Å². The molecule has 1 atom stereocenters. The zero-order valence-electron chi connectivity index (χ0n) is 11.7. The van der Waals surface area contributed by atoms with Gasteiger partial charge in [-0.3, -0.25) is 9.36 Å². The lowest BCUT2D eigenvalue weighted by atomic mass is 10.4. The van der Waals surface area contributed by atoms with Gasteiger partial charge in [0.15, 0.2) is 0 Å². The summed E-state index contributed by atoms with van der Waals surface area (Å²) in [7, 11) is -3.98. The topological polar surface area (TPSA) is 102 Å². The molecule has 0 heterocycles. The van der Waals surface area contributed by atoms with Gasteiger partial charge in [-0.1, -0.05) is 39.3 Å². The quantitative estimate of drug-likeness (QED) is 0.306. The highest BCUT2D eigenvalue weighted by Crippen LogP contribution is 2.52. The minimum Gasteiger partial charge on any atom is -0.479 e. The Kier molecular flexibility index (Phi) is 9.92. The predicted molar refractivity (Wildman–Crippen MR) is 78.3 cm³/mol. The van der Waals surface area contributed by atoms with Gasteiger partial charge in [0.05, 0.1) is 13.2 Å². The third-order valence-electron chi connectivity index (χ3n) is 2.35. The predicted octanol–water partition coefficient (Wildman–Crippen LogP) is 2.86. The standard InChI is InChI=1S/C11H22NO6PS/c1-3-5-7-17-19(16,18-8-6-4-2)9(10(13)14)12-11(15)20/h9H,3-8H2,1-2H3,(H,13,14)(H2,12,15,20). The van der Waals surface area contributed by atoms with Crippen LogP contribution < -0.4 is 5.32 Å². The van der Waals surface area contributed by atoms with Crippen LogP contribution in [0.25, 0.3) is 0 Å². The number of amides is 1. The number of carboxylic acid groups (broad SMARTS) is 1. The molecule has 0 aliphatic carbocycles. The number of aliphatic carboxylic acids is 1. The van der Waals surface area contributed by atoms with Crippen molar-refractivity contribution in [1.82, 2.24) is 5.32 Å². The Morgan fingerprint density at radius 2 is 1.65 bits per heavy atom. The summed E-state index contributed by atoms with van der Waals surface area (Å²) in [5.41, 5.74) is 0. The van der Waals surface area contributed by atoms with E-state index in [9.17, 15) is 14.2 Å². The normalized spacial score (nSPS) is 12.9. The Morgan fingerprint density at radius 1 is 1.20 bits per heavy atom. The highest BCUT2D eigenvalue weighted by molar-refractivity contribution is 7.96. The van der Waals surface area contributed by atoms with Gasteiger partial charge in [0, 0.05) is 0 Å². The fraction of sp³-hybridized carbons (Fsp3) is 0.818. The minimum atomic E-state index is -3.98. The first kappa shape index (κ1) is 19.4. The van der Waals surface area contributed by atoms with E-state index >= 15 is 0 Å². The minimum absolute atomic E-state index is 0.103. The molecule has 0 fully saturated rings. The Morgan fingerprint density at radius 3 is 1.95 bits per heavy atom. The smallest absolute Gasteiger partial charge is 0.364 e.